The number of aryl methyl sites for hydroxylation is 3. The van der Waals surface area contributed by atoms with Crippen LogP contribution in [0.3, 0.4) is 0 Å². The molecule has 2 aromatic rings. The Morgan fingerprint density at radius 2 is 1.83 bits per heavy atom. The van der Waals surface area contributed by atoms with Crippen molar-refractivity contribution in [2.45, 2.75) is 32.1 Å². The number of aromatic nitrogens is 2. The lowest BCUT2D eigenvalue weighted by molar-refractivity contribution is 0.369. The van der Waals surface area contributed by atoms with Gasteiger partial charge in [-0.15, -0.1) is 0 Å². The summed E-state index contributed by atoms with van der Waals surface area (Å²) in [6.07, 6.45) is 4.61. The average Bonchev–Trinajstić information content (AvgIpc) is 2.86. The number of rotatable bonds is 7. The van der Waals surface area contributed by atoms with Gasteiger partial charge in [-0.05, 0) is 31.4 Å². The Labute approximate surface area is 107 Å². The number of unbranched alkanes of at least 4 members (excludes halogenated alkanes) is 1. The van der Waals surface area contributed by atoms with Gasteiger partial charge in [-0.3, -0.25) is 0 Å². The Bertz CT molecular complexity index is 453. The molecular formula is C14H19N3O. The van der Waals surface area contributed by atoms with Crippen molar-refractivity contribution in [2.24, 2.45) is 5.73 Å². The highest BCUT2D eigenvalue weighted by Crippen LogP contribution is 2.06. The van der Waals surface area contributed by atoms with Gasteiger partial charge in [0.2, 0.25) is 5.89 Å². The molecule has 1 aromatic carbocycles. The van der Waals surface area contributed by atoms with Gasteiger partial charge in [-0.2, -0.15) is 4.98 Å². The summed E-state index contributed by atoms with van der Waals surface area (Å²) >= 11 is 0. The van der Waals surface area contributed by atoms with Crippen LogP contribution in [0.2, 0.25) is 0 Å². The van der Waals surface area contributed by atoms with Gasteiger partial charge < -0.3 is 10.3 Å². The minimum atomic E-state index is 0.717. The van der Waals surface area contributed by atoms with Crippen LogP contribution in [-0.2, 0) is 19.3 Å². The molecule has 0 radical (unpaired) electrons. The zero-order valence-corrected chi connectivity index (χ0v) is 10.5. The summed E-state index contributed by atoms with van der Waals surface area (Å²) in [7, 11) is 0. The summed E-state index contributed by atoms with van der Waals surface area (Å²) in [6.45, 7) is 0.717. The zero-order valence-electron chi connectivity index (χ0n) is 10.5. The van der Waals surface area contributed by atoms with Crippen molar-refractivity contribution in [3.05, 3.63) is 47.6 Å². The van der Waals surface area contributed by atoms with E-state index in [1.807, 2.05) is 18.2 Å². The molecule has 1 aromatic heterocycles. The molecule has 2 rings (SSSR count). The van der Waals surface area contributed by atoms with Crippen LogP contribution in [0.15, 0.2) is 34.9 Å². The number of hydrogen-bond acceptors (Lipinski definition) is 4. The quantitative estimate of drug-likeness (QED) is 0.759. The van der Waals surface area contributed by atoms with Crippen molar-refractivity contribution in [1.82, 2.24) is 10.1 Å². The number of nitrogens with two attached hydrogens (primary N) is 1. The molecule has 0 aliphatic carbocycles. The average molecular weight is 245 g/mol. The molecule has 0 saturated heterocycles. The molecule has 0 aliphatic heterocycles. The van der Waals surface area contributed by atoms with E-state index in [0.717, 1.165) is 50.4 Å². The third kappa shape index (κ3) is 3.96. The standard InChI is InChI=1S/C14H19N3O/c15-11-5-4-8-14-16-13(17-18-14)10-9-12-6-2-1-3-7-12/h1-3,6-7H,4-5,8-11,15H2. The third-order valence-electron chi connectivity index (χ3n) is 2.84. The van der Waals surface area contributed by atoms with Crippen LogP contribution in [-0.4, -0.2) is 16.7 Å². The Morgan fingerprint density at radius 3 is 2.61 bits per heavy atom. The molecule has 0 spiro atoms. The van der Waals surface area contributed by atoms with E-state index in [9.17, 15) is 0 Å². The maximum atomic E-state index is 5.44. The van der Waals surface area contributed by atoms with Gasteiger partial charge in [-0.25, -0.2) is 0 Å². The normalized spacial score (nSPS) is 10.7. The highest BCUT2D eigenvalue weighted by atomic mass is 16.5. The second-order valence-corrected chi connectivity index (χ2v) is 4.34. The molecule has 0 bridgehead atoms. The van der Waals surface area contributed by atoms with Crippen molar-refractivity contribution in [2.75, 3.05) is 6.54 Å². The predicted octanol–water partition coefficient (Wildman–Crippen LogP) is 2.14. The van der Waals surface area contributed by atoms with E-state index >= 15 is 0 Å². The summed E-state index contributed by atoms with van der Waals surface area (Å²) in [6, 6.07) is 10.3. The lowest BCUT2D eigenvalue weighted by Crippen LogP contribution is -1.99. The topological polar surface area (TPSA) is 64.9 Å². The van der Waals surface area contributed by atoms with Crippen molar-refractivity contribution < 1.29 is 4.52 Å². The highest BCUT2D eigenvalue weighted by Gasteiger charge is 2.05. The first kappa shape index (κ1) is 12.8. The maximum absolute atomic E-state index is 5.44. The Kier molecular flexibility index (Phi) is 4.90. The van der Waals surface area contributed by atoms with Gasteiger partial charge in [-0.1, -0.05) is 35.5 Å². The summed E-state index contributed by atoms with van der Waals surface area (Å²) < 4.78 is 5.20. The van der Waals surface area contributed by atoms with Crippen LogP contribution in [0.4, 0.5) is 0 Å². The van der Waals surface area contributed by atoms with E-state index in [2.05, 4.69) is 22.3 Å². The van der Waals surface area contributed by atoms with Crippen LogP contribution in [0.1, 0.15) is 30.1 Å². The monoisotopic (exact) mass is 245 g/mol. The number of benzene rings is 1. The molecule has 0 saturated carbocycles. The molecule has 4 heteroatoms. The summed E-state index contributed by atoms with van der Waals surface area (Å²) in [5.41, 5.74) is 6.74. The first-order valence-electron chi connectivity index (χ1n) is 6.44. The molecule has 0 fully saturated rings. The fourth-order valence-electron chi connectivity index (χ4n) is 1.81. The molecule has 0 unspecified atom stereocenters. The largest absolute Gasteiger partial charge is 0.339 e. The number of hydrogen-bond donors (Lipinski definition) is 1. The number of nitrogens with zero attached hydrogens (tertiary/aromatic N) is 2. The van der Waals surface area contributed by atoms with Crippen LogP contribution < -0.4 is 5.73 Å². The molecule has 0 amide bonds. The van der Waals surface area contributed by atoms with Crippen LogP contribution in [0, 0.1) is 0 Å². The van der Waals surface area contributed by atoms with Crippen LogP contribution >= 0.6 is 0 Å². The maximum Gasteiger partial charge on any atom is 0.226 e. The Balaban J connectivity index is 1.80. The van der Waals surface area contributed by atoms with Gasteiger partial charge in [0.05, 0.1) is 0 Å². The molecule has 0 aliphatic rings. The van der Waals surface area contributed by atoms with Crippen molar-refractivity contribution in [1.29, 1.82) is 0 Å². The third-order valence-corrected chi connectivity index (χ3v) is 2.84. The van der Waals surface area contributed by atoms with E-state index in [4.69, 9.17) is 10.3 Å². The van der Waals surface area contributed by atoms with E-state index in [-0.39, 0.29) is 0 Å². The van der Waals surface area contributed by atoms with Crippen molar-refractivity contribution in [3.63, 3.8) is 0 Å². The molecule has 18 heavy (non-hydrogen) atoms. The first-order chi connectivity index (χ1) is 8.88. The van der Waals surface area contributed by atoms with Gasteiger partial charge in [0.1, 0.15) is 0 Å². The lowest BCUT2D eigenvalue weighted by atomic mass is 10.1. The minimum Gasteiger partial charge on any atom is -0.339 e. The summed E-state index contributed by atoms with van der Waals surface area (Å²) in [5, 5.41) is 3.99. The lowest BCUT2D eigenvalue weighted by Gasteiger charge is -1.96. The molecule has 96 valence electrons. The second-order valence-electron chi connectivity index (χ2n) is 4.34. The fourth-order valence-corrected chi connectivity index (χ4v) is 1.81. The highest BCUT2D eigenvalue weighted by molar-refractivity contribution is 5.15. The fraction of sp³-hybridized carbons (Fsp3) is 0.429. The van der Waals surface area contributed by atoms with E-state index in [1.165, 1.54) is 5.56 Å². The SMILES string of the molecule is NCCCCc1nc(CCc2ccccc2)no1. The van der Waals surface area contributed by atoms with Crippen molar-refractivity contribution >= 4 is 0 Å². The second kappa shape index (κ2) is 6.91. The Hall–Kier alpha value is -1.68. The van der Waals surface area contributed by atoms with Gasteiger partial charge in [0.15, 0.2) is 5.82 Å². The van der Waals surface area contributed by atoms with Gasteiger partial charge in [0.25, 0.3) is 0 Å². The molecule has 1 heterocycles. The molecule has 2 N–H and O–H groups in total. The van der Waals surface area contributed by atoms with E-state index in [0.29, 0.717) is 0 Å². The summed E-state index contributed by atoms with van der Waals surface area (Å²) in [5.74, 6) is 1.52. The van der Waals surface area contributed by atoms with Crippen LogP contribution in [0.5, 0.6) is 0 Å². The predicted molar refractivity (Wildman–Crippen MR) is 70.1 cm³/mol. The van der Waals surface area contributed by atoms with E-state index in [1.54, 1.807) is 0 Å². The minimum absolute atomic E-state index is 0.717. The van der Waals surface area contributed by atoms with Crippen molar-refractivity contribution in [3.8, 4) is 0 Å². The first-order valence-corrected chi connectivity index (χ1v) is 6.44. The molecule has 0 atom stereocenters. The Morgan fingerprint density at radius 1 is 1.00 bits per heavy atom. The zero-order chi connectivity index (χ0) is 12.6. The van der Waals surface area contributed by atoms with Gasteiger partial charge >= 0.3 is 0 Å². The molecule has 4 nitrogen and oxygen atoms in total. The van der Waals surface area contributed by atoms with Gasteiger partial charge in [0, 0.05) is 12.8 Å². The smallest absolute Gasteiger partial charge is 0.226 e. The summed E-state index contributed by atoms with van der Waals surface area (Å²) in [4.78, 5) is 4.38. The van der Waals surface area contributed by atoms with Crippen LogP contribution in [0.25, 0.3) is 0 Å². The van der Waals surface area contributed by atoms with E-state index < -0.39 is 0 Å². The molecular weight excluding hydrogens is 226 g/mol.